The maximum Gasteiger partial charge on any atom is 0.0789 e. The number of nitrogens with one attached hydrogen (secondary N) is 2. The zero-order valence-electron chi connectivity index (χ0n) is 13.2. The largest absolute Gasteiger partial charge is 0.390 e. The van der Waals surface area contributed by atoms with Gasteiger partial charge in [0.25, 0.3) is 0 Å². The molecule has 4 nitrogen and oxygen atoms in total. The molecule has 0 aromatic carbocycles. The van der Waals surface area contributed by atoms with E-state index in [0.29, 0.717) is 18.2 Å². The van der Waals surface area contributed by atoms with Gasteiger partial charge in [0.05, 0.1) is 18.4 Å². The van der Waals surface area contributed by atoms with Crippen LogP contribution in [0.2, 0.25) is 0 Å². The number of aliphatic hydroxyl groups excluding tert-OH is 1. The Morgan fingerprint density at radius 3 is 2.19 bits per heavy atom. The Bertz CT molecular complexity index is 291. The first-order chi connectivity index (χ1) is 10.3. The highest BCUT2D eigenvalue weighted by molar-refractivity contribution is 4.85. The van der Waals surface area contributed by atoms with Crippen LogP contribution in [0.25, 0.3) is 0 Å². The molecule has 0 amide bonds. The van der Waals surface area contributed by atoms with Gasteiger partial charge in [-0.3, -0.25) is 10.6 Å². The number of ether oxygens (including phenoxy) is 1. The molecular formula is C17H32N2O2. The predicted octanol–water partition coefficient (Wildman–Crippen LogP) is 2.02. The van der Waals surface area contributed by atoms with Crippen molar-refractivity contribution in [3.63, 3.8) is 0 Å². The molecule has 1 heterocycles. The van der Waals surface area contributed by atoms with E-state index in [0.717, 1.165) is 25.6 Å². The SMILES string of the molecule is OC1CNC(C2CCC(OCC3CCCCC3)CC2)NC1. The Hall–Kier alpha value is -0.160. The molecule has 0 bridgehead atoms. The molecular weight excluding hydrogens is 264 g/mol. The van der Waals surface area contributed by atoms with Gasteiger partial charge in [-0.2, -0.15) is 0 Å². The summed E-state index contributed by atoms with van der Waals surface area (Å²) in [5, 5.41) is 16.4. The Labute approximate surface area is 129 Å². The second-order valence-corrected chi connectivity index (χ2v) is 7.32. The zero-order chi connectivity index (χ0) is 14.5. The molecule has 0 spiro atoms. The van der Waals surface area contributed by atoms with Crippen LogP contribution in [0.4, 0.5) is 0 Å². The lowest BCUT2D eigenvalue weighted by molar-refractivity contribution is -0.0136. The van der Waals surface area contributed by atoms with E-state index in [9.17, 15) is 5.11 Å². The molecule has 0 atom stereocenters. The van der Waals surface area contributed by atoms with Gasteiger partial charge >= 0.3 is 0 Å². The fourth-order valence-corrected chi connectivity index (χ4v) is 4.22. The van der Waals surface area contributed by atoms with E-state index in [1.807, 2.05) is 0 Å². The second kappa shape index (κ2) is 7.91. The highest BCUT2D eigenvalue weighted by Crippen LogP contribution is 2.30. The lowest BCUT2D eigenvalue weighted by atomic mass is 9.84. The number of β-amino-alcohol motifs (C(OH)–C–C–N with tert-alkyl or cyclic N) is 1. The van der Waals surface area contributed by atoms with E-state index >= 15 is 0 Å². The number of hydrogen-bond acceptors (Lipinski definition) is 4. The molecule has 122 valence electrons. The van der Waals surface area contributed by atoms with Gasteiger partial charge in [-0.25, -0.2) is 0 Å². The number of rotatable bonds is 4. The van der Waals surface area contributed by atoms with Crippen LogP contribution < -0.4 is 10.6 Å². The first-order valence-corrected chi connectivity index (χ1v) is 9.07. The van der Waals surface area contributed by atoms with E-state index < -0.39 is 0 Å². The molecule has 2 aliphatic carbocycles. The van der Waals surface area contributed by atoms with Gasteiger partial charge in [-0.1, -0.05) is 19.3 Å². The van der Waals surface area contributed by atoms with Crippen molar-refractivity contribution in [2.24, 2.45) is 11.8 Å². The van der Waals surface area contributed by atoms with Gasteiger partial charge < -0.3 is 9.84 Å². The average Bonchev–Trinajstić information content (AvgIpc) is 2.55. The molecule has 0 unspecified atom stereocenters. The highest BCUT2D eigenvalue weighted by atomic mass is 16.5. The summed E-state index contributed by atoms with van der Waals surface area (Å²) in [6.45, 7) is 2.47. The minimum Gasteiger partial charge on any atom is -0.390 e. The summed E-state index contributed by atoms with van der Waals surface area (Å²) in [5.41, 5.74) is 0. The van der Waals surface area contributed by atoms with Crippen LogP contribution in [0, 0.1) is 11.8 Å². The lowest BCUT2D eigenvalue weighted by Crippen LogP contribution is -2.58. The van der Waals surface area contributed by atoms with E-state index in [2.05, 4.69) is 10.6 Å². The van der Waals surface area contributed by atoms with Crippen LogP contribution in [0.1, 0.15) is 57.8 Å². The minimum atomic E-state index is -0.226. The molecule has 3 fully saturated rings. The van der Waals surface area contributed by atoms with Crippen molar-refractivity contribution in [3.05, 3.63) is 0 Å². The van der Waals surface area contributed by atoms with Gasteiger partial charge in [0.1, 0.15) is 0 Å². The molecule has 3 aliphatic rings. The Morgan fingerprint density at radius 1 is 0.857 bits per heavy atom. The molecule has 2 saturated carbocycles. The van der Waals surface area contributed by atoms with Crippen molar-refractivity contribution >= 4 is 0 Å². The lowest BCUT2D eigenvalue weighted by Gasteiger charge is -2.38. The Morgan fingerprint density at radius 2 is 1.52 bits per heavy atom. The van der Waals surface area contributed by atoms with Gasteiger partial charge in [-0.05, 0) is 50.4 Å². The fourth-order valence-electron chi connectivity index (χ4n) is 4.22. The minimum absolute atomic E-state index is 0.226. The first-order valence-electron chi connectivity index (χ1n) is 9.07. The molecule has 1 aliphatic heterocycles. The summed E-state index contributed by atoms with van der Waals surface area (Å²) in [7, 11) is 0. The first kappa shape index (κ1) is 15.7. The van der Waals surface area contributed by atoms with E-state index in [1.54, 1.807) is 0 Å². The van der Waals surface area contributed by atoms with E-state index in [4.69, 9.17) is 4.74 Å². The van der Waals surface area contributed by atoms with Gasteiger partial charge in [-0.15, -0.1) is 0 Å². The second-order valence-electron chi connectivity index (χ2n) is 7.32. The summed E-state index contributed by atoms with van der Waals surface area (Å²) in [6.07, 6.45) is 12.6. The smallest absolute Gasteiger partial charge is 0.0789 e. The molecule has 3 rings (SSSR count). The molecule has 0 aromatic heterocycles. The maximum absolute atomic E-state index is 9.52. The molecule has 4 heteroatoms. The average molecular weight is 296 g/mol. The number of hydrogen-bond donors (Lipinski definition) is 3. The van der Waals surface area contributed by atoms with Crippen molar-refractivity contribution < 1.29 is 9.84 Å². The van der Waals surface area contributed by atoms with Crippen LogP contribution in [0.3, 0.4) is 0 Å². The van der Waals surface area contributed by atoms with E-state index in [-0.39, 0.29) is 6.10 Å². The summed E-state index contributed by atoms with van der Waals surface area (Å²) in [4.78, 5) is 0. The van der Waals surface area contributed by atoms with Crippen LogP contribution in [0.5, 0.6) is 0 Å². The third-order valence-corrected chi connectivity index (χ3v) is 5.63. The monoisotopic (exact) mass is 296 g/mol. The van der Waals surface area contributed by atoms with Gasteiger partial charge in [0, 0.05) is 19.7 Å². The van der Waals surface area contributed by atoms with Crippen molar-refractivity contribution in [2.45, 2.75) is 76.2 Å². The normalized spacial score (nSPS) is 39.3. The van der Waals surface area contributed by atoms with E-state index in [1.165, 1.54) is 57.8 Å². The summed E-state index contributed by atoms with van der Waals surface area (Å²) in [6, 6.07) is 0. The van der Waals surface area contributed by atoms with Crippen molar-refractivity contribution in [1.29, 1.82) is 0 Å². The standard InChI is InChI=1S/C17H32N2O2/c20-15-10-18-17(19-11-15)14-6-8-16(9-7-14)21-12-13-4-2-1-3-5-13/h13-20H,1-12H2. The van der Waals surface area contributed by atoms with Crippen molar-refractivity contribution in [3.8, 4) is 0 Å². The quantitative estimate of drug-likeness (QED) is 0.743. The third kappa shape index (κ3) is 4.65. The van der Waals surface area contributed by atoms with Crippen LogP contribution in [-0.2, 0) is 4.74 Å². The van der Waals surface area contributed by atoms with Gasteiger partial charge in [0.15, 0.2) is 0 Å². The summed E-state index contributed by atoms with van der Waals surface area (Å²) >= 11 is 0. The van der Waals surface area contributed by atoms with Crippen molar-refractivity contribution in [1.82, 2.24) is 10.6 Å². The molecule has 0 radical (unpaired) electrons. The van der Waals surface area contributed by atoms with Crippen molar-refractivity contribution in [2.75, 3.05) is 19.7 Å². The molecule has 0 aromatic rings. The van der Waals surface area contributed by atoms with Crippen LogP contribution in [0.15, 0.2) is 0 Å². The van der Waals surface area contributed by atoms with Crippen LogP contribution in [-0.4, -0.2) is 43.2 Å². The summed E-state index contributed by atoms with van der Waals surface area (Å²) < 4.78 is 6.19. The van der Waals surface area contributed by atoms with Crippen LogP contribution >= 0.6 is 0 Å². The molecule has 21 heavy (non-hydrogen) atoms. The fraction of sp³-hybridized carbons (Fsp3) is 1.00. The molecule has 1 saturated heterocycles. The van der Waals surface area contributed by atoms with Gasteiger partial charge in [0.2, 0.25) is 0 Å². The predicted molar refractivity (Wildman–Crippen MR) is 84.1 cm³/mol. The summed E-state index contributed by atoms with van der Waals surface area (Å²) in [5.74, 6) is 1.53. The third-order valence-electron chi connectivity index (χ3n) is 5.63. The molecule has 3 N–H and O–H groups in total. The highest BCUT2D eigenvalue weighted by Gasteiger charge is 2.30. The zero-order valence-corrected chi connectivity index (χ0v) is 13.2. The Kier molecular flexibility index (Phi) is 5.92. The Balaban J connectivity index is 1.33. The number of aliphatic hydroxyl groups is 1. The topological polar surface area (TPSA) is 53.5 Å². The maximum atomic E-state index is 9.52.